The summed E-state index contributed by atoms with van der Waals surface area (Å²) >= 11 is 0. The Balaban J connectivity index is 1.28. The van der Waals surface area contributed by atoms with E-state index in [1.807, 2.05) is 53.4 Å². The van der Waals surface area contributed by atoms with Crippen LogP contribution in [0.2, 0.25) is 0 Å². The van der Waals surface area contributed by atoms with Crippen molar-refractivity contribution in [3.63, 3.8) is 0 Å². The Kier molecular flexibility index (Phi) is 6.88. The molecule has 0 radical (unpaired) electrons. The lowest BCUT2D eigenvalue weighted by molar-refractivity contribution is -0.140. The zero-order valence-electron chi connectivity index (χ0n) is 19.9. The number of nitrogens with zero attached hydrogens (tertiary/aromatic N) is 3. The number of fused-ring (bicyclic) bond motifs is 1. The van der Waals surface area contributed by atoms with Gasteiger partial charge in [-0.05, 0) is 37.1 Å². The van der Waals surface area contributed by atoms with Gasteiger partial charge < -0.3 is 25.3 Å². The molecule has 0 spiro atoms. The zero-order valence-corrected chi connectivity index (χ0v) is 19.9. The van der Waals surface area contributed by atoms with Gasteiger partial charge >= 0.3 is 6.03 Å². The molecule has 3 atom stereocenters. The van der Waals surface area contributed by atoms with Crippen LogP contribution < -0.4 is 15.5 Å². The second-order valence-corrected chi connectivity index (χ2v) is 9.59. The van der Waals surface area contributed by atoms with E-state index in [9.17, 15) is 14.4 Å². The first-order valence-corrected chi connectivity index (χ1v) is 12.6. The Morgan fingerprint density at radius 2 is 1.54 bits per heavy atom. The van der Waals surface area contributed by atoms with Crippen LogP contribution in [0.1, 0.15) is 32.1 Å². The molecule has 0 unspecified atom stereocenters. The Morgan fingerprint density at radius 3 is 2.26 bits per heavy atom. The van der Waals surface area contributed by atoms with Crippen molar-refractivity contribution in [1.82, 2.24) is 15.1 Å². The molecule has 2 heterocycles. The summed E-state index contributed by atoms with van der Waals surface area (Å²) in [6.45, 7) is 2.69. The monoisotopic (exact) mass is 475 g/mol. The number of anilines is 2. The lowest BCUT2D eigenvalue weighted by Crippen LogP contribution is -2.68. The Labute approximate surface area is 206 Å². The van der Waals surface area contributed by atoms with Gasteiger partial charge in [0, 0.05) is 43.6 Å². The van der Waals surface area contributed by atoms with E-state index in [0.717, 1.165) is 44.5 Å². The van der Waals surface area contributed by atoms with E-state index in [-0.39, 0.29) is 36.3 Å². The van der Waals surface area contributed by atoms with Crippen LogP contribution in [0.3, 0.4) is 0 Å². The van der Waals surface area contributed by atoms with E-state index in [0.29, 0.717) is 18.8 Å². The van der Waals surface area contributed by atoms with Gasteiger partial charge in [-0.15, -0.1) is 0 Å². The minimum atomic E-state index is -0.808. The predicted octanol–water partition coefficient (Wildman–Crippen LogP) is 3.07. The summed E-state index contributed by atoms with van der Waals surface area (Å²) in [5.74, 6) is -0.308. The summed E-state index contributed by atoms with van der Waals surface area (Å²) in [7, 11) is 0. The zero-order chi connectivity index (χ0) is 24.2. The second-order valence-electron chi connectivity index (χ2n) is 9.59. The van der Waals surface area contributed by atoms with Crippen molar-refractivity contribution in [2.24, 2.45) is 0 Å². The van der Waals surface area contributed by atoms with Gasteiger partial charge in [0.2, 0.25) is 11.8 Å². The molecule has 0 aromatic heterocycles. The van der Waals surface area contributed by atoms with Crippen molar-refractivity contribution in [3.05, 3.63) is 60.7 Å². The molecule has 8 heteroatoms. The SMILES string of the molecule is O=C1N[C@@H]2CCCC[C@@H]2N(C(=O)Nc2ccccc2)[C@H]1CC(=O)N1CCN(c2ccccc2)CC1. The highest BCUT2D eigenvalue weighted by atomic mass is 16.2. The molecular weight excluding hydrogens is 442 g/mol. The summed E-state index contributed by atoms with van der Waals surface area (Å²) in [4.78, 5) is 45.7. The molecule has 2 aliphatic heterocycles. The number of carbonyl (C=O) groups excluding carboxylic acids is 3. The van der Waals surface area contributed by atoms with Crippen molar-refractivity contribution in [3.8, 4) is 0 Å². The molecule has 35 heavy (non-hydrogen) atoms. The summed E-state index contributed by atoms with van der Waals surface area (Å²) in [6, 6.07) is 18.2. The Hall–Kier alpha value is -3.55. The highest BCUT2D eigenvalue weighted by Gasteiger charge is 2.46. The molecule has 8 nitrogen and oxygen atoms in total. The third-order valence-electron chi connectivity index (χ3n) is 7.43. The minimum Gasteiger partial charge on any atom is -0.368 e. The van der Waals surface area contributed by atoms with Crippen LogP contribution in [0.15, 0.2) is 60.7 Å². The molecule has 184 valence electrons. The van der Waals surface area contributed by atoms with Gasteiger partial charge in [-0.3, -0.25) is 9.59 Å². The van der Waals surface area contributed by atoms with Gasteiger partial charge in [0.1, 0.15) is 6.04 Å². The lowest BCUT2D eigenvalue weighted by Gasteiger charge is -2.48. The summed E-state index contributed by atoms with van der Waals surface area (Å²) in [6.07, 6.45) is 3.73. The fraction of sp³-hybridized carbons (Fsp3) is 0.444. The predicted molar refractivity (Wildman–Crippen MR) is 135 cm³/mol. The third-order valence-corrected chi connectivity index (χ3v) is 7.43. The largest absolute Gasteiger partial charge is 0.368 e. The maximum absolute atomic E-state index is 13.4. The fourth-order valence-electron chi connectivity index (χ4n) is 5.59. The summed E-state index contributed by atoms with van der Waals surface area (Å²) < 4.78 is 0. The highest BCUT2D eigenvalue weighted by Crippen LogP contribution is 2.30. The van der Waals surface area contributed by atoms with Gasteiger partial charge in [0.05, 0.1) is 12.5 Å². The van der Waals surface area contributed by atoms with Crippen molar-refractivity contribution < 1.29 is 14.4 Å². The van der Waals surface area contributed by atoms with Crippen LogP contribution in [0, 0.1) is 0 Å². The molecular formula is C27H33N5O3. The molecule has 2 aromatic carbocycles. The van der Waals surface area contributed by atoms with Gasteiger partial charge in [-0.1, -0.05) is 49.2 Å². The molecule has 2 aromatic rings. The average molecular weight is 476 g/mol. The number of nitrogens with one attached hydrogen (secondary N) is 2. The minimum absolute atomic E-state index is 0.00258. The number of carbonyl (C=O) groups is 3. The first kappa shape index (κ1) is 23.2. The van der Waals surface area contributed by atoms with E-state index in [1.165, 1.54) is 0 Å². The van der Waals surface area contributed by atoms with E-state index >= 15 is 0 Å². The summed E-state index contributed by atoms with van der Waals surface area (Å²) in [5.41, 5.74) is 1.83. The molecule has 3 aliphatic rings. The van der Waals surface area contributed by atoms with Crippen LogP contribution >= 0.6 is 0 Å². The average Bonchev–Trinajstić information content (AvgIpc) is 2.90. The maximum atomic E-state index is 13.4. The fourth-order valence-corrected chi connectivity index (χ4v) is 5.59. The molecule has 3 fully saturated rings. The molecule has 2 N–H and O–H groups in total. The normalized spacial score (nSPS) is 24.4. The van der Waals surface area contributed by atoms with Crippen LogP contribution in [-0.4, -0.2) is 71.9 Å². The summed E-state index contributed by atoms with van der Waals surface area (Å²) in [5, 5.41) is 6.06. The molecule has 4 amide bonds. The molecule has 5 rings (SSSR count). The van der Waals surface area contributed by atoms with Gasteiger partial charge in [-0.2, -0.15) is 0 Å². The molecule has 1 saturated carbocycles. The lowest BCUT2D eigenvalue weighted by atomic mass is 9.85. The standard InChI is InChI=1S/C27H33N5O3/c33-25(31-17-15-30(16-18-31)21-11-5-2-6-12-21)19-24-26(34)29-22-13-7-8-14-23(22)32(24)27(35)28-20-9-3-1-4-10-20/h1-6,9-12,22-24H,7-8,13-19H2,(H,28,35)(H,29,34)/t22-,23+,24+/m1/s1. The first-order valence-electron chi connectivity index (χ1n) is 12.6. The van der Waals surface area contributed by atoms with Crippen LogP contribution in [0.4, 0.5) is 16.2 Å². The van der Waals surface area contributed by atoms with Crippen molar-refractivity contribution in [2.45, 2.75) is 50.2 Å². The van der Waals surface area contributed by atoms with E-state index in [2.05, 4.69) is 27.7 Å². The Morgan fingerprint density at radius 1 is 0.886 bits per heavy atom. The third kappa shape index (κ3) is 5.11. The molecule has 1 aliphatic carbocycles. The van der Waals surface area contributed by atoms with E-state index < -0.39 is 6.04 Å². The van der Waals surface area contributed by atoms with Crippen LogP contribution in [-0.2, 0) is 9.59 Å². The highest BCUT2D eigenvalue weighted by molar-refractivity contribution is 5.97. The molecule has 2 saturated heterocycles. The number of piperazine rings is 2. The van der Waals surface area contributed by atoms with Crippen molar-refractivity contribution in [2.75, 3.05) is 36.4 Å². The number of para-hydroxylation sites is 2. The number of benzene rings is 2. The first-order chi connectivity index (χ1) is 17.1. The number of rotatable bonds is 4. The number of hydrogen-bond acceptors (Lipinski definition) is 4. The van der Waals surface area contributed by atoms with Gasteiger partial charge in [0.25, 0.3) is 0 Å². The quantitative estimate of drug-likeness (QED) is 0.712. The maximum Gasteiger partial charge on any atom is 0.322 e. The van der Waals surface area contributed by atoms with E-state index in [4.69, 9.17) is 0 Å². The van der Waals surface area contributed by atoms with Crippen LogP contribution in [0.5, 0.6) is 0 Å². The molecule has 0 bridgehead atoms. The topological polar surface area (TPSA) is 85.0 Å². The van der Waals surface area contributed by atoms with Crippen molar-refractivity contribution in [1.29, 1.82) is 0 Å². The number of urea groups is 1. The van der Waals surface area contributed by atoms with Gasteiger partial charge in [-0.25, -0.2) is 4.79 Å². The van der Waals surface area contributed by atoms with Gasteiger partial charge in [0.15, 0.2) is 0 Å². The van der Waals surface area contributed by atoms with Crippen molar-refractivity contribution >= 4 is 29.2 Å². The second kappa shape index (κ2) is 10.4. The Bertz CT molecular complexity index is 1040. The van der Waals surface area contributed by atoms with E-state index in [1.54, 1.807) is 4.90 Å². The number of amides is 4. The number of hydrogen-bond donors (Lipinski definition) is 2. The smallest absolute Gasteiger partial charge is 0.322 e. The van der Waals surface area contributed by atoms with Crippen LogP contribution in [0.25, 0.3) is 0 Å².